The summed E-state index contributed by atoms with van der Waals surface area (Å²) in [5.74, 6) is 0.734. The van der Waals surface area contributed by atoms with Gasteiger partial charge in [-0.1, -0.05) is 6.07 Å². The lowest BCUT2D eigenvalue weighted by Crippen LogP contribution is -2.48. The van der Waals surface area contributed by atoms with Gasteiger partial charge in [-0.3, -0.25) is 14.5 Å². The number of nitrogens with zero attached hydrogens (tertiary/aromatic N) is 6. The Hall–Kier alpha value is -3.79. The summed E-state index contributed by atoms with van der Waals surface area (Å²) in [6.07, 6.45) is 2.80. The smallest absolute Gasteiger partial charge is 0.237 e. The molecule has 2 fully saturated rings. The van der Waals surface area contributed by atoms with Gasteiger partial charge in [0.05, 0.1) is 23.9 Å². The Morgan fingerprint density at radius 1 is 1.38 bits per heavy atom. The Bertz CT molecular complexity index is 1180. The summed E-state index contributed by atoms with van der Waals surface area (Å²) in [6, 6.07) is 7.44. The van der Waals surface area contributed by atoms with Crippen molar-refractivity contribution < 1.29 is 19.4 Å². The van der Waals surface area contributed by atoms with Gasteiger partial charge in [0, 0.05) is 57.7 Å². The van der Waals surface area contributed by atoms with Crippen LogP contribution in [0.25, 0.3) is 0 Å². The molecule has 1 unspecified atom stereocenters. The van der Waals surface area contributed by atoms with E-state index in [0.717, 1.165) is 19.4 Å². The first-order valence-electron chi connectivity index (χ1n) is 12.1. The molecule has 1 amide bonds. The normalized spacial score (nSPS) is 20.5. The molecule has 2 aromatic rings. The third kappa shape index (κ3) is 6.14. The molecule has 3 N–H and O–H groups in total. The number of methoxy groups -OCH3 is 1. The molecule has 2 aliphatic rings. The number of carbonyl (C=O) groups excluding carboxylic acids is 2. The summed E-state index contributed by atoms with van der Waals surface area (Å²) in [6.45, 7) is 2.00. The highest BCUT2D eigenvalue weighted by molar-refractivity contribution is 5.80. The van der Waals surface area contributed by atoms with E-state index < -0.39 is 6.35 Å². The van der Waals surface area contributed by atoms with Crippen molar-refractivity contribution in [3.8, 4) is 6.07 Å². The highest BCUT2D eigenvalue weighted by Gasteiger charge is 2.29. The number of ether oxygens (including phenoxy) is 1. The van der Waals surface area contributed by atoms with Crippen LogP contribution in [0.4, 0.5) is 17.3 Å². The number of likely N-dealkylation sites (N-methyl/N-ethyl adjacent to an activating group) is 1. The van der Waals surface area contributed by atoms with Gasteiger partial charge in [0.25, 0.3) is 0 Å². The molecule has 0 spiro atoms. The molecule has 3 heterocycles. The van der Waals surface area contributed by atoms with Gasteiger partial charge in [0.15, 0.2) is 6.29 Å². The number of hydrogen-bond donors (Lipinski definition) is 3. The number of pyridine rings is 2. The number of piperazine rings is 1. The van der Waals surface area contributed by atoms with Crippen molar-refractivity contribution in [3.05, 3.63) is 41.2 Å². The molecule has 12 heteroatoms. The van der Waals surface area contributed by atoms with Crippen LogP contribution in [0.2, 0.25) is 0 Å². The summed E-state index contributed by atoms with van der Waals surface area (Å²) < 4.78 is 5.31. The topological polar surface area (TPSA) is 147 Å². The molecule has 1 aliphatic carbocycles. The molecule has 196 valence electrons. The van der Waals surface area contributed by atoms with Crippen LogP contribution >= 0.6 is 0 Å². The summed E-state index contributed by atoms with van der Waals surface area (Å²) in [4.78, 5) is 37.8. The molecule has 0 aromatic carbocycles. The lowest BCUT2D eigenvalue weighted by molar-refractivity contribution is -0.136. The number of aldehydes is 1. The van der Waals surface area contributed by atoms with Gasteiger partial charge in [-0.05, 0) is 26.0 Å². The van der Waals surface area contributed by atoms with Gasteiger partial charge in [-0.25, -0.2) is 9.97 Å². The maximum atomic E-state index is 12.3. The predicted molar refractivity (Wildman–Crippen MR) is 137 cm³/mol. The van der Waals surface area contributed by atoms with E-state index in [1.807, 2.05) is 11.9 Å². The average Bonchev–Trinajstić information content (AvgIpc) is 2.87. The van der Waals surface area contributed by atoms with Crippen molar-refractivity contribution >= 4 is 29.5 Å². The molecule has 0 radical (unpaired) electrons. The van der Waals surface area contributed by atoms with Crippen LogP contribution in [-0.2, 0) is 16.1 Å². The van der Waals surface area contributed by atoms with Crippen LogP contribution in [-0.4, -0.2) is 96.4 Å². The lowest BCUT2D eigenvalue weighted by Gasteiger charge is -2.35. The van der Waals surface area contributed by atoms with Crippen LogP contribution < -0.4 is 15.5 Å². The van der Waals surface area contributed by atoms with Gasteiger partial charge in [-0.15, -0.1) is 0 Å². The summed E-state index contributed by atoms with van der Waals surface area (Å²) in [7, 11) is 5.21. The Morgan fingerprint density at radius 2 is 2.16 bits per heavy atom. The number of carbonyl (C=O) groups is 2. The molecule has 0 bridgehead atoms. The maximum absolute atomic E-state index is 12.3. The van der Waals surface area contributed by atoms with Crippen LogP contribution in [0, 0.1) is 11.3 Å². The van der Waals surface area contributed by atoms with Gasteiger partial charge < -0.3 is 30.3 Å². The summed E-state index contributed by atoms with van der Waals surface area (Å²) >= 11 is 0. The van der Waals surface area contributed by atoms with E-state index in [-0.39, 0.29) is 23.7 Å². The molecule has 2 aromatic heterocycles. The summed E-state index contributed by atoms with van der Waals surface area (Å²) in [5.41, 5.74) is 1.88. The number of nitriles is 1. The lowest BCUT2D eigenvalue weighted by atomic mass is 9.89. The predicted octanol–water partition coefficient (Wildman–Crippen LogP) is 0.848. The van der Waals surface area contributed by atoms with Crippen LogP contribution in [0.15, 0.2) is 24.4 Å². The van der Waals surface area contributed by atoms with E-state index in [2.05, 4.69) is 26.7 Å². The fraction of sp³-hybridized carbons (Fsp3) is 0.480. The van der Waals surface area contributed by atoms with E-state index in [1.54, 1.807) is 37.3 Å². The first-order valence-corrected chi connectivity index (χ1v) is 12.1. The minimum absolute atomic E-state index is 0.00557. The SMILES string of the molecule is COC1CC(Nc2cc(NC(O)N(C)c3ccc(CN4CCN(C)CC4=O)c(C=O)n3)ncc2C#N)C1. The number of hydrogen-bond acceptors (Lipinski definition) is 11. The zero-order chi connectivity index (χ0) is 26.5. The molecule has 1 saturated heterocycles. The second-order valence-electron chi connectivity index (χ2n) is 9.41. The van der Waals surface area contributed by atoms with Crippen molar-refractivity contribution in [1.82, 2.24) is 19.8 Å². The highest BCUT2D eigenvalue weighted by atomic mass is 16.5. The van der Waals surface area contributed by atoms with Gasteiger partial charge in [0.2, 0.25) is 12.3 Å². The Morgan fingerprint density at radius 3 is 2.84 bits per heavy atom. The fourth-order valence-corrected chi connectivity index (χ4v) is 4.32. The standard InChI is InChI=1S/C25H32N8O4/c1-31-6-7-33(24(35)14-31)13-16-4-5-23(29-21(16)15-34)32(2)25(36)30-22-10-20(17(11-26)12-27-22)28-18-8-19(9-18)37-3/h4-5,10,12,15,18-19,25,36H,6-9,13-14H2,1-3H3,(H2,27,28,30). The number of nitrogens with one attached hydrogen (secondary N) is 2. The number of aromatic nitrogens is 2. The maximum Gasteiger partial charge on any atom is 0.237 e. The number of amides is 1. The van der Waals surface area contributed by atoms with E-state index in [4.69, 9.17) is 4.74 Å². The minimum Gasteiger partial charge on any atom is -0.381 e. The molecule has 1 saturated carbocycles. The summed E-state index contributed by atoms with van der Waals surface area (Å²) in [5, 5.41) is 26.5. The van der Waals surface area contributed by atoms with Gasteiger partial charge in [0.1, 0.15) is 23.4 Å². The molecule has 37 heavy (non-hydrogen) atoms. The quantitative estimate of drug-likeness (QED) is 0.310. The van der Waals surface area contributed by atoms with E-state index in [0.29, 0.717) is 54.4 Å². The van der Waals surface area contributed by atoms with E-state index in [1.165, 1.54) is 11.1 Å². The molecule has 12 nitrogen and oxygen atoms in total. The molecular weight excluding hydrogens is 476 g/mol. The largest absolute Gasteiger partial charge is 0.381 e. The van der Waals surface area contributed by atoms with Crippen molar-refractivity contribution in [2.75, 3.05) is 56.4 Å². The molecule has 4 rings (SSSR count). The highest BCUT2D eigenvalue weighted by Crippen LogP contribution is 2.29. The van der Waals surface area contributed by atoms with Crippen LogP contribution in [0.3, 0.4) is 0 Å². The van der Waals surface area contributed by atoms with Crippen molar-refractivity contribution in [3.63, 3.8) is 0 Å². The first kappa shape index (κ1) is 26.3. The third-order valence-electron chi connectivity index (χ3n) is 6.80. The van der Waals surface area contributed by atoms with Crippen molar-refractivity contribution in [2.24, 2.45) is 0 Å². The van der Waals surface area contributed by atoms with Crippen LogP contribution in [0.1, 0.15) is 34.5 Å². The van der Waals surface area contributed by atoms with E-state index in [9.17, 15) is 20.0 Å². The Kier molecular flexibility index (Phi) is 8.17. The van der Waals surface area contributed by atoms with E-state index >= 15 is 0 Å². The Balaban J connectivity index is 1.42. The molecule has 1 aliphatic heterocycles. The third-order valence-corrected chi connectivity index (χ3v) is 6.80. The van der Waals surface area contributed by atoms with Crippen molar-refractivity contribution in [2.45, 2.75) is 37.9 Å². The number of anilines is 3. The zero-order valence-corrected chi connectivity index (χ0v) is 21.2. The zero-order valence-electron chi connectivity index (χ0n) is 21.2. The second-order valence-corrected chi connectivity index (χ2v) is 9.41. The molecule has 1 atom stereocenters. The monoisotopic (exact) mass is 508 g/mol. The van der Waals surface area contributed by atoms with Crippen molar-refractivity contribution in [1.29, 1.82) is 5.26 Å². The Labute approximate surface area is 215 Å². The second kappa shape index (κ2) is 11.5. The fourth-order valence-electron chi connectivity index (χ4n) is 4.32. The number of rotatable bonds is 10. The molecular formula is C25H32N8O4. The number of aliphatic hydroxyl groups is 1. The van der Waals surface area contributed by atoms with Gasteiger partial charge >= 0.3 is 0 Å². The number of aliphatic hydroxyl groups excluding tert-OH is 1. The van der Waals surface area contributed by atoms with Gasteiger partial charge in [-0.2, -0.15) is 5.26 Å². The minimum atomic E-state index is -1.22. The first-order chi connectivity index (χ1) is 17.8. The van der Waals surface area contributed by atoms with Crippen LogP contribution in [0.5, 0.6) is 0 Å². The average molecular weight is 509 g/mol.